The lowest BCUT2D eigenvalue weighted by Crippen LogP contribution is -2.23. The van der Waals surface area contributed by atoms with Crippen molar-refractivity contribution in [3.05, 3.63) is 0 Å². The van der Waals surface area contributed by atoms with E-state index in [1.54, 1.807) is 0 Å². The summed E-state index contributed by atoms with van der Waals surface area (Å²) in [6.45, 7) is 10.5. The first-order valence-corrected chi connectivity index (χ1v) is 5.80. The van der Waals surface area contributed by atoms with Gasteiger partial charge in [0.15, 0.2) is 0 Å². The minimum absolute atomic E-state index is 0.177. The maximum atomic E-state index is 3.97. The number of hydrogen-bond acceptors (Lipinski definition) is 3. The van der Waals surface area contributed by atoms with Gasteiger partial charge in [0, 0.05) is 17.7 Å². The van der Waals surface area contributed by atoms with Crippen LogP contribution < -0.4 is 0 Å². The van der Waals surface area contributed by atoms with Gasteiger partial charge in [-0.15, -0.1) is 11.8 Å². The average Bonchev–Trinajstić information content (AvgIpc) is 2.31. The molecule has 1 aliphatic rings. The predicted molar refractivity (Wildman–Crippen MR) is 64.1 cm³/mol. The van der Waals surface area contributed by atoms with Gasteiger partial charge in [-0.2, -0.15) is 10.2 Å². The molecule has 0 bridgehead atoms. The fraction of sp³-hybridized carbons (Fsp3) is 0.800. The zero-order chi connectivity index (χ0) is 10.3. The minimum Gasteiger partial charge on any atom is -0.163 e. The summed E-state index contributed by atoms with van der Waals surface area (Å²) in [6.07, 6.45) is 4.94. The van der Waals surface area contributed by atoms with Gasteiger partial charge in [0.25, 0.3) is 0 Å². The van der Waals surface area contributed by atoms with Crippen LogP contribution in [0.3, 0.4) is 0 Å². The second-order valence-corrected chi connectivity index (χ2v) is 4.91. The van der Waals surface area contributed by atoms with E-state index in [9.17, 15) is 0 Å². The first kappa shape index (κ1) is 12.7. The van der Waals surface area contributed by atoms with Crippen molar-refractivity contribution in [3.8, 4) is 0 Å². The quantitative estimate of drug-likeness (QED) is 0.637. The van der Waals surface area contributed by atoms with Gasteiger partial charge in [-0.25, -0.2) is 0 Å². The Kier molecular flexibility index (Phi) is 6.04. The van der Waals surface area contributed by atoms with Gasteiger partial charge in [-0.3, -0.25) is 0 Å². The zero-order valence-electron chi connectivity index (χ0n) is 9.24. The molecule has 0 aliphatic carbocycles. The Morgan fingerprint density at radius 1 is 1.38 bits per heavy atom. The molecular weight excluding hydrogens is 180 g/mol. The van der Waals surface area contributed by atoms with Gasteiger partial charge in [-0.1, -0.05) is 20.8 Å². The molecular formula is C10H20N2S. The molecule has 0 saturated heterocycles. The molecule has 2 unspecified atom stereocenters. The number of nitrogens with zero attached hydrogens (tertiary/aromatic N) is 2. The molecule has 1 aliphatic heterocycles. The van der Waals surface area contributed by atoms with Gasteiger partial charge in [-0.05, 0) is 20.3 Å². The van der Waals surface area contributed by atoms with Crippen LogP contribution >= 0.6 is 11.8 Å². The van der Waals surface area contributed by atoms with Crippen molar-refractivity contribution in [1.29, 1.82) is 0 Å². The fourth-order valence-electron chi connectivity index (χ4n) is 0.948. The summed E-state index contributed by atoms with van der Waals surface area (Å²) < 4.78 is 0.177. The molecule has 0 N–H and O–H groups in total. The molecule has 0 aromatic carbocycles. The molecule has 3 heteroatoms. The molecule has 0 aromatic heterocycles. The third-order valence-corrected chi connectivity index (χ3v) is 3.26. The van der Waals surface area contributed by atoms with E-state index in [2.05, 4.69) is 31.0 Å². The Morgan fingerprint density at radius 3 is 2.54 bits per heavy atom. The Labute approximate surface area is 85.9 Å². The highest BCUT2D eigenvalue weighted by molar-refractivity contribution is 8.02. The molecule has 0 amide bonds. The lowest BCUT2D eigenvalue weighted by atomic mass is 10.1. The zero-order valence-corrected chi connectivity index (χ0v) is 10.1. The molecule has 1 rings (SSSR count). The second kappa shape index (κ2) is 6.19. The van der Waals surface area contributed by atoms with E-state index in [4.69, 9.17) is 0 Å². The van der Waals surface area contributed by atoms with Gasteiger partial charge in [0.05, 0.1) is 4.75 Å². The molecule has 1 heterocycles. The molecule has 2 atom stereocenters. The summed E-state index contributed by atoms with van der Waals surface area (Å²) in [6, 6.07) is 0. The highest BCUT2D eigenvalue weighted by Crippen LogP contribution is 2.31. The van der Waals surface area contributed by atoms with Crippen molar-refractivity contribution >= 4 is 24.2 Å². The molecule has 0 spiro atoms. The number of hydrogen-bond donors (Lipinski definition) is 0. The predicted octanol–water partition coefficient (Wildman–Crippen LogP) is 3.37. The lowest BCUT2D eigenvalue weighted by Gasteiger charge is -2.22. The molecule has 13 heavy (non-hydrogen) atoms. The number of rotatable bonds is 1. The van der Waals surface area contributed by atoms with Crippen LogP contribution in [0, 0.1) is 0 Å². The molecule has 2 nitrogen and oxygen atoms in total. The molecule has 76 valence electrons. The van der Waals surface area contributed by atoms with E-state index in [1.807, 2.05) is 38.0 Å². The van der Waals surface area contributed by atoms with Crippen LogP contribution in [0.5, 0.6) is 0 Å². The summed E-state index contributed by atoms with van der Waals surface area (Å²) >= 11 is 1.91. The highest BCUT2D eigenvalue weighted by atomic mass is 32.2. The van der Waals surface area contributed by atoms with Crippen molar-refractivity contribution in [2.24, 2.45) is 10.2 Å². The number of thioether (sulfide) groups is 1. The topological polar surface area (TPSA) is 24.7 Å². The van der Waals surface area contributed by atoms with Crippen LogP contribution in [0.1, 0.15) is 41.0 Å². The van der Waals surface area contributed by atoms with E-state index in [0.29, 0.717) is 5.25 Å². The SMILES string of the molecule is CC.CCC1(C)C=NN=CC(C)S1. The lowest BCUT2D eigenvalue weighted by molar-refractivity contribution is 0.806. The maximum absolute atomic E-state index is 3.97. The third kappa shape index (κ3) is 4.46. The molecule has 0 aromatic rings. The molecule has 0 saturated carbocycles. The van der Waals surface area contributed by atoms with Gasteiger partial charge >= 0.3 is 0 Å². The van der Waals surface area contributed by atoms with Crippen molar-refractivity contribution in [3.63, 3.8) is 0 Å². The van der Waals surface area contributed by atoms with E-state index < -0.39 is 0 Å². The minimum atomic E-state index is 0.177. The third-order valence-electron chi connectivity index (χ3n) is 1.83. The smallest absolute Gasteiger partial charge is 0.0505 e. The summed E-state index contributed by atoms with van der Waals surface area (Å²) in [5, 5.41) is 8.36. The van der Waals surface area contributed by atoms with Crippen LogP contribution in [0.25, 0.3) is 0 Å². The summed E-state index contributed by atoms with van der Waals surface area (Å²) in [5.41, 5.74) is 0. The van der Waals surface area contributed by atoms with E-state index in [0.717, 1.165) is 6.42 Å². The van der Waals surface area contributed by atoms with E-state index in [1.165, 1.54) is 0 Å². The van der Waals surface area contributed by atoms with Crippen molar-refractivity contribution in [2.45, 2.75) is 51.0 Å². The van der Waals surface area contributed by atoms with Crippen molar-refractivity contribution < 1.29 is 0 Å². The Bertz CT molecular complexity index is 189. The molecule has 0 radical (unpaired) electrons. The van der Waals surface area contributed by atoms with Crippen LogP contribution in [-0.2, 0) is 0 Å². The maximum Gasteiger partial charge on any atom is 0.0505 e. The standard InChI is InChI=1S/C8H14N2S.C2H6/c1-4-8(3)6-10-9-5-7(2)11-8;1-2/h5-7H,4H2,1-3H3;1-2H3. The first-order valence-electron chi connectivity index (χ1n) is 4.92. The van der Waals surface area contributed by atoms with Gasteiger partial charge in [0.1, 0.15) is 0 Å². The summed E-state index contributed by atoms with van der Waals surface area (Å²) in [4.78, 5) is 0. The Hall–Kier alpha value is -0.310. The monoisotopic (exact) mass is 200 g/mol. The highest BCUT2D eigenvalue weighted by Gasteiger charge is 2.23. The van der Waals surface area contributed by atoms with E-state index in [-0.39, 0.29) is 4.75 Å². The summed E-state index contributed by atoms with van der Waals surface area (Å²) in [7, 11) is 0. The van der Waals surface area contributed by atoms with Crippen molar-refractivity contribution in [1.82, 2.24) is 0 Å². The van der Waals surface area contributed by atoms with E-state index >= 15 is 0 Å². The Balaban J connectivity index is 0.000000671. The fourth-order valence-corrected chi connectivity index (χ4v) is 2.19. The normalized spacial score (nSPS) is 31.9. The van der Waals surface area contributed by atoms with Crippen LogP contribution in [0.2, 0.25) is 0 Å². The first-order chi connectivity index (χ1) is 6.16. The van der Waals surface area contributed by atoms with Gasteiger partial charge in [0.2, 0.25) is 0 Å². The summed E-state index contributed by atoms with van der Waals surface area (Å²) in [5.74, 6) is 0. The van der Waals surface area contributed by atoms with Crippen molar-refractivity contribution in [2.75, 3.05) is 0 Å². The second-order valence-electron chi connectivity index (χ2n) is 3.00. The van der Waals surface area contributed by atoms with Crippen LogP contribution in [-0.4, -0.2) is 22.4 Å². The largest absolute Gasteiger partial charge is 0.163 e. The van der Waals surface area contributed by atoms with Gasteiger partial charge < -0.3 is 0 Å². The average molecular weight is 200 g/mol. The van der Waals surface area contributed by atoms with Crippen LogP contribution in [0.4, 0.5) is 0 Å². The molecule has 0 fully saturated rings. The van der Waals surface area contributed by atoms with Crippen LogP contribution in [0.15, 0.2) is 10.2 Å². The Morgan fingerprint density at radius 2 is 2.00 bits per heavy atom.